The number of aromatic hydroxyl groups is 3. The van der Waals surface area contributed by atoms with Gasteiger partial charge in [0.1, 0.15) is 53.0 Å². The first-order valence-electron chi connectivity index (χ1n) is 9.56. The third-order valence-corrected chi connectivity index (χ3v) is 5.05. The van der Waals surface area contributed by atoms with Crippen molar-refractivity contribution in [3.8, 4) is 23.0 Å². The van der Waals surface area contributed by atoms with Gasteiger partial charge in [-0.05, 0) is 18.1 Å². The van der Waals surface area contributed by atoms with Gasteiger partial charge < -0.3 is 45.2 Å². The molecule has 0 spiro atoms. The molecular weight excluding hydrogens is 412 g/mol. The summed E-state index contributed by atoms with van der Waals surface area (Å²) >= 11 is 0. The van der Waals surface area contributed by atoms with Crippen LogP contribution in [0.1, 0.15) is 22.3 Å². The molecule has 0 radical (unpaired) electrons. The van der Waals surface area contributed by atoms with E-state index in [4.69, 9.17) is 9.47 Å². The summed E-state index contributed by atoms with van der Waals surface area (Å²) in [6, 6.07) is 8.42. The smallest absolute Gasteiger partial charge is 0.229 e. The van der Waals surface area contributed by atoms with Crippen molar-refractivity contribution in [3.05, 3.63) is 47.5 Å². The van der Waals surface area contributed by atoms with Crippen LogP contribution in [0.3, 0.4) is 0 Å². The summed E-state index contributed by atoms with van der Waals surface area (Å²) in [6.07, 6.45) is -7.87. The minimum absolute atomic E-state index is 0.0167. The van der Waals surface area contributed by atoms with Gasteiger partial charge in [0.05, 0.1) is 6.61 Å². The van der Waals surface area contributed by atoms with E-state index in [-0.39, 0.29) is 29.9 Å². The summed E-state index contributed by atoms with van der Waals surface area (Å²) in [6.45, 7) is -0.678. The molecule has 168 valence electrons. The molecule has 0 saturated carbocycles. The van der Waals surface area contributed by atoms with Crippen LogP contribution >= 0.6 is 0 Å². The average molecular weight is 436 g/mol. The Labute approximate surface area is 177 Å². The van der Waals surface area contributed by atoms with Crippen molar-refractivity contribution in [2.45, 2.75) is 43.5 Å². The van der Waals surface area contributed by atoms with E-state index in [1.807, 2.05) is 0 Å². The molecule has 1 fully saturated rings. The van der Waals surface area contributed by atoms with Crippen molar-refractivity contribution in [3.63, 3.8) is 0 Å². The summed E-state index contributed by atoms with van der Waals surface area (Å²) in [5, 5.41) is 69.1. The minimum Gasteiger partial charge on any atom is -0.508 e. The molecule has 0 aliphatic carbocycles. The Morgan fingerprint density at radius 2 is 1.68 bits per heavy atom. The zero-order valence-electron chi connectivity index (χ0n) is 16.3. The van der Waals surface area contributed by atoms with Gasteiger partial charge in [-0.15, -0.1) is 0 Å². The first-order valence-corrected chi connectivity index (χ1v) is 9.56. The molecule has 1 aliphatic heterocycles. The van der Waals surface area contributed by atoms with Gasteiger partial charge in [0.2, 0.25) is 6.29 Å². The van der Waals surface area contributed by atoms with Crippen LogP contribution in [-0.2, 0) is 11.2 Å². The van der Waals surface area contributed by atoms with Crippen LogP contribution in [0, 0.1) is 0 Å². The monoisotopic (exact) mass is 436 g/mol. The highest BCUT2D eigenvalue weighted by Gasteiger charge is 2.45. The van der Waals surface area contributed by atoms with Crippen molar-refractivity contribution >= 4 is 5.78 Å². The number of benzene rings is 2. The maximum Gasteiger partial charge on any atom is 0.229 e. The van der Waals surface area contributed by atoms with Crippen LogP contribution in [0.2, 0.25) is 0 Å². The molecule has 1 heterocycles. The fourth-order valence-electron chi connectivity index (χ4n) is 3.35. The number of ketones is 1. The number of rotatable bonds is 7. The van der Waals surface area contributed by atoms with Gasteiger partial charge in [0.15, 0.2) is 5.78 Å². The molecule has 0 aromatic heterocycles. The Hall–Kier alpha value is -2.89. The van der Waals surface area contributed by atoms with E-state index < -0.39 is 54.6 Å². The van der Waals surface area contributed by atoms with Crippen molar-refractivity contribution in [2.75, 3.05) is 6.61 Å². The second-order valence-electron chi connectivity index (χ2n) is 7.21. The highest BCUT2D eigenvalue weighted by molar-refractivity contribution is 6.01. The predicted octanol–water partition coefficient (Wildman–Crippen LogP) is -0.202. The van der Waals surface area contributed by atoms with E-state index in [1.165, 1.54) is 6.07 Å². The number of aliphatic hydroxyl groups is 4. The second-order valence-corrected chi connectivity index (χ2v) is 7.21. The molecule has 1 saturated heterocycles. The topological polar surface area (TPSA) is 177 Å². The third-order valence-electron chi connectivity index (χ3n) is 5.05. The Bertz CT molecular complexity index is 928. The number of phenols is 3. The molecular formula is C21H24O10. The molecule has 31 heavy (non-hydrogen) atoms. The van der Waals surface area contributed by atoms with Crippen LogP contribution in [0.5, 0.6) is 23.0 Å². The van der Waals surface area contributed by atoms with Crippen molar-refractivity contribution in [1.29, 1.82) is 0 Å². The van der Waals surface area contributed by atoms with E-state index in [9.17, 15) is 40.5 Å². The lowest BCUT2D eigenvalue weighted by molar-refractivity contribution is -0.277. The van der Waals surface area contributed by atoms with Gasteiger partial charge in [-0.2, -0.15) is 0 Å². The maximum atomic E-state index is 12.8. The number of aryl methyl sites for hydroxylation is 1. The molecule has 1 aliphatic rings. The Balaban J connectivity index is 1.84. The molecule has 10 nitrogen and oxygen atoms in total. The van der Waals surface area contributed by atoms with Crippen molar-refractivity contribution < 1.29 is 50.0 Å². The maximum absolute atomic E-state index is 12.8. The van der Waals surface area contributed by atoms with Gasteiger partial charge >= 0.3 is 0 Å². The lowest BCUT2D eigenvalue weighted by Gasteiger charge is -2.39. The molecule has 0 amide bonds. The predicted molar refractivity (Wildman–Crippen MR) is 105 cm³/mol. The van der Waals surface area contributed by atoms with E-state index >= 15 is 0 Å². The third kappa shape index (κ3) is 4.89. The fraction of sp³-hybridized carbons (Fsp3) is 0.381. The summed E-state index contributed by atoms with van der Waals surface area (Å²) in [7, 11) is 0. The molecule has 2 aromatic carbocycles. The number of carbonyl (C=O) groups excluding carboxylic acids is 1. The van der Waals surface area contributed by atoms with Crippen molar-refractivity contribution in [2.24, 2.45) is 0 Å². The summed E-state index contributed by atoms with van der Waals surface area (Å²) in [5.74, 6) is -1.91. The molecule has 0 unspecified atom stereocenters. The molecule has 0 bridgehead atoms. The van der Waals surface area contributed by atoms with Crippen LogP contribution in [0.4, 0.5) is 0 Å². The zero-order chi connectivity index (χ0) is 22.7. The summed E-state index contributed by atoms with van der Waals surface area (Å²) in [4.78, 5) is 12.8. The standard InChI is InChI=1S/C21H24O10/c22-9-16-18(27)19(28)20(29)21(31-16)30-15-8-11(23)7-14(26)17(15)13(25)6-5-10-3-1-2-4-12(10)24/h1-4,7-8,16,18-24,26-29H,5-6,9H2/t16-,18-,19+,20-,21-/m1/s1. The number of hydrogen-bond acceptors (Lipinski definition) is 10. The highest BCUT2D eigenvalue weighted by Crippen LogP contribution is 2.36. The normalized spacial score (nSPS) is 25.9. The first kappa shape index (κ1) is 22.8. The number of para-hydroxylation sites is 1. The van der Waals surface area contributed by atoms with Gasteiger partial charge in [0, 0.05) is 18.6 Å². The van der Waals surface area contributed by atoms with Gasteiger partial charge in [0.25, 0.3) is 0 Å². The van der Waals surface area contributed by atoms with Gasteiger partial charge in [-0.3, -0.25) is 4.79 Å². The number of phenolic OH excluding ortho intramolecular Hbond substituents is 3. The summed E-state index contributed by atoms with van der Waals surface area (Å²) < 4.78 is 10.7. The summed E-state index contributed by atoms with van der Waals surface area (Å²) in [5.41, 5.74) is 0.218. The molecule has 5 atom stereocenters. The van der Waals surface area contributed by atoms with Crippen LogP contribution in [0.15, 0.2) is 36.4 Å². The van der Waals surface area contributed by atoms with E-state index in [0.717, 1.165) is 12.1 Å². The lowest BCUT2D eigenvalue weighted by Crippen LogP contribution is -2.60. The Morgan fingerprint density at radius 3 is 2.35 bits per heavy atom. The lowest BCUT2D eigenvalue weighted by atomic mass is 9.98. The van der Waals surface area contributed by atoms with Crippen LogP contribution in [-0.4, -0.2) is 78.8 Å². The molecule has 7 N–H and O–H groups in total. The van der Waals surface area contributed by atoms with E-state index in [1.54, 1.807) is 18.2 Å². The van der Waals surface area contributed by atoms with Gasteiger partial charge in [-0.1, -0.05) is 18.2 Å². The van der Waals surface area contributed by atoms with Crippen LogP contribution < -0.4 is 4.74 Å². The highest BCUT2D eigenvalue weighted by atomic mass is 16.7. The molecule has 3 rings (SSSR count). The zero-order valence-corrected chi connectivity index (χ0v) is 16.3. The Kier molecular flexibility index (Phi) is 6.98. The number of carbonyl (C=O) groups is 1. The minimum atomic E-state index is -1.74. The quantitative estimate of drug-likeness (QED) is 0.288. The number of ether oxygens (including phenoxy) is 2. The molecule has 10 heteroatoms. The Morgan fingerprint density at radius 1 is 0.968 bits per heavy atom. The average Bonchev–Trinajstić information content (AvgIpc) is 2.73. The van der Waals surface area contributed by atoms with E-state index in [0.29, 0.717) is 5.56 Å². The number of aliphatic hydroxyl groups excluding tert-OH is 4. The number of Topliss-reactive ketones (excluding diaryl/α,β-unsaturated/α-hetero) is 1. The molecule has 2 aromatic rings. The van der Waals surface area contributed by atoms with Gasteiger partial charge in [-0.25, -0.2) is 0 Å². The first-order chi connectivity index (χ1) is 14.7. The fourth-order valence-corrected chi connectivity index (χ4v) is 3.35. The second kappa shape index (κ2) is 9.50. The largest absolute Gasteiger partial charge is 0.508 e. The van der Waals surface area contributed by atoms with Crippen LogP contribution in [0.25, 0.3) is 0 Å². The SMILES string of the molecule is O=C(CCc1ccccc1O)c1c(O)cc(O)cc1O[C@@H]1O[C@H](CO)[C@@H](O)[C@H](O)[C@H]1O. The number of hydrogen-bond donors (Lipinski definition) is 7. The van der Waals surface area contributed by atoms with Crippen molar-refractivity contribution in [1.82, 2.24) is 0 Å². The van der Waals surface area contributed by atoms with E-state index in [2.05, 4.69) is 0 Å².